The fourth-order valence-electron chi connectivity index (χ4n) is 5.47. The van der Waals surface area contributed by atoms with Crippen LogP contribution in [-0.2, 0) is 28.6 Å². The molecule has 1 aliphatic carbocycles. The van der Waals surface area contributed by atoms with Crippen molar-refractivity contribution < 1.29 is 47.6 Å². The summed E-state index contributed by atoms with van der Waals surface area (Å²) in [5.74, 6) is -2.20. The summed E-state index contributed by atoms with van der Waals surface area (Å²) in [6, 6.07) is 11.7. The van der Waals surface area contributed by atoms with E-state index in [-0.39, 0.29) is 49.4 Å². The zero-order valence-corrected chi connectivity index (χ0v) is 24.2. The molecule has 1 saturated carbocycles. The van der Waals surface area contributed by atoms with Crippen LogP contribution in [0.4, 0.5) is 0 Å². The Morgan fingerprint density at radius 3 is 2.02 bits per heavy atom. The number of hydrogen-bond donors (Lipinski definition) is 0. The molecule has 0 aliphatic heterocycles. The SMILES string of the molecule is CCOC(=O)CC1CC(CC(=O)OCC)C(c2cc(OC(=O)c3ccccc3)c(OC)cc2OC)C(OC(C)=O)C1. The number of ether oxygens (including phenoxy) is 6. The van der Waals surface area contributed by atoms with Crippen LogP contribution in [0.5, 0.6) is 17.2 Å². The standard InChI is InChI=1S/C31H38O10/c1-6-38-28(33)15-20-13-22(16-29(34)39-7-2)30(27(14-20)40-19(3)32)23-17-26(25(37-5)18-24(23)36-4)41-31(35)21-11-9-8-10-12-21/h8-12,17-18,20,22,27,30H,6-7,13-16H2,1-5H3. The summed E-state index contributed by atoms with van der Waals surface area (Å²) in [5.41, 5.74) is 0.920. The first-order chi connectivity index (χ1) is 19.7. The van der Waals surface area contributed by atoms with Crippen molar-refractivity contribution >= 4 is 23.9 Å². The van der Waals surface area contributed by atoms with Crippen LogP contribution < -0.4 is 14.2 Å². The van der Waals surface area contributed by atoms with Gasteiger partial charge >= 0.3 is 23.9 Å². The van der Waals surface area contributed by atoms with Crippen molar-refractivity contribution in [2.75, 3.05) is 27.4 Å². The van der Waals surface area contributed by atoms with E-state index < -0.39 is 35.8 Å². The van der Waals surface area contributed by atoms with Gasteiger partial charge in [0.05, 0.1) is 33.0 Å². The number of methoxy groups -OCH3 is 2. The average Bonchev–Trinajstić information content (AvgIpc) is 2.93. The van der Waals surface area contributed by atoms with E-state index in [1.54, 1.807) is 56.3 Å². The summed E-state index contributed by atoms with van der Waals surface area (Å²) in [6.45, 7) is 5.23. The topological polar surface area (TPSA) is 124 Å². The normalized spacial score (nSPS) is 19.9. The summed E-state index contributed by atoms with van der Waals surface area (Å²) in [4.78, 5) is 50.3. The second-order valence-corrected chi connectivity index (χ2v) is 9.79. The first-order valence-corrected chi connectivity index (χ1v) is 13.7. The summed E-state index contributed by atoms with van der Waals surface area (Å²) in [6.07, 6.45) is 0.256. The van der Waals surface area contributed by atoms with Crippen molar-refractivity contribution in [1.82, 2.24) is 0 Å². The lowest BCUT2D eigenvalue weighted by Gasteiger charge is -2.41. The van der Waals surface area contributed by atoms with Crippen molar-refractivity contribution in [2.24, 2.45) is 11.8 Å². The predicted octanol–water partition coefficient (Wildman–Crippen LogP) is 4.87. The van der Waals surface area contributed by atoms with Crippen molar-refractivity contribution in [3.63, 3.8) is 0 Å². The number of carbonyl (C=O) groups is 4. The van der Waals surface area contributed by atoms with Crippen LogP contribution >= 0.6 is 0 Å². The van der Waals surface area contributed by atoms with Gasteiger partial charge in [-0.05, 0) is 56.7 Å². The molecular weight excluding hydrogens is 532 g/mol. The summed E-state index contributed by atoms with van der Waals surface area (Å²) < 4.78 is 33.2. The third-order valence-electron chi connectivity index (χ3n) is 7.01. The van der Waals surface area contributed by atoms with Gasteiger partial charge in [-0.15, -0.1) is 0 Å². The first-order valence-electron chi connectivity index (χ1n) is 13.7. The fourth-order valence-corrected chi connectivity index (χ4v) is 5.47. The van der Waals surface area contributed by atoms with Crippen LogP contribution in [0, 0.1) is 11.8 Å². The highest BCUT2D eigenvalue weighted by Crippen LogP contribution is 2.50. The zero-order chi connectivity index (χ0) is 29.9. The Kier molecular flexibility index (Phi) is 11.6. The van der Waals surface area contributed by atoms with Gasteiger partial charge in [-0.25, -0.2) is 4.79 Å². The Morgan fingerprint density at radius 2 is 1.44 bits per heavy atom. The maximum absolute atomic E-state index is 12.9. The molecule has 4 unspecified atom stereocenters. The van der Waals surface area contributed by atoms with Crippen LogP contribution in [0.2, 0.25) is 0 Å². The fraction of sp³-hybridized carbons (Fsp3) is 0.484. The minimum absolute atomic E-state index is 0.0178. The number of benzene rings is 2. The lowest BCUT2D eigenvalue weighted by molar-refractivity contribution is -0.153. The molecule has 2 aromatic rings. The predicted molar refractivity (Wildman–Crippen MR) is 148 cm³/mol. The molecule has 0 saturated heterocycles. The maximum Gasteiger partial charge on any atom is 0.343 e. The molecule has 1 fully saturated rings. The molecule has 2 aromatic carbocycles. The van der Waals surface area contributed by atoms with Gasteiger partial charge in [0.1, 0.15) is 11.9 Å². The van der Waals surface area contributed by atoms with E-state index in [0.717, 1.165) is 0 Å². The van der Waals surface area contributed by atoms with Gasteiger partial charge in [-0.1, -0.05) is 18.2 Å². The van der Waals surface area contributed by atoms with Crippen LogP contribution in [0.15, 0.2) is 42.5 Å². The Labute approximate surface area is 240 Å². The van der Waals surface area contributed by atoms with E-state index in [1.165, 1.54) is 21.1 Å². The second-order valence-electron chi connectivity index (χ2n) is 9.79. The molecule has 10 heteroatoms. The summed E-state index contributed by atoms with van der Waals surface area (Å²) >= 11 is 0. The maximum atomic E-state index is 12.9. The van der Waals surface area contributed by atoms with Crippen LogP contribution in [0.3, 0.4) is 0 Å². The lowest BCUT2D eigenvalue weighted by Crippen LogP contribution is -2.39. The quantitative estimate of drug-likeness (QED) is 0.198. The Hall–Kier alpha value is -4.08. The van der Waals surface area contributed by atoms with Gasteiger partial charge in [0, 0.05) is 37.3 Å². The minimum Gasteiger partial charge on any atom is -0.496 e. The van der Waals surface area contributed by atoms with Crippen LogP contribution in [0.25, 0.3) is 0 Å². The molecule has 0 heterocycles. The smallest absolute Gasteiger partial charge is 0.343 e. The largest absolute Gasteiger partial charge is 0.496 e. The number of carbonyl (C=O) groups excluding carboxylic acids is 4. The highest BCUT2D eigenvalue weighted by Gasteiger charge is 2.44. The van der Waals surface area contributed by atoms with Gasteiger partial charge in [0.2, 0.25) is 0 Å². The third-order valence-corrected chi connectivity index (χ3v) is 7.01. The molecule has 0 aromatic heterocycles. The van der Waals surface area contributed by atoms with Crippen molar-refractivity contribution in [3.8, 4) is 17.2 Å². The van der Waals surface area contributed by atoms with Gasteiger partial charge in [-0.3, -0.25) is 14.4 Å². The Morgan fingerprint density at radius 1 is 0.805 bits per heavy atom. The molecule has 0 N–H and O–H groups in total. The summed E-state index contributed by atoms with van der Waals surface area (Å²) in [7, 11) is 2.93. The minimum atomic E-state index is -0.708. The molecule has 4 atom stereocenters. The van der Waals surface area contributed by atoms with E-state index in [0.29, 0.717) is 29.7 Å². The molecule has 3 rings (SSSR count). The molecule has 10 nitrogen and oxygen atoms in total. The van der Waals surface area contributed by atoms with Crippen molar-refractivity contribution in [3.05, 3.63) is 53.6 Å². The molecule has 0 radical (unpaired) electrons. The van der Waals surface area contributed by atoms with Gasteiger partial charge in [-0.2, -0.15) is 0 Å². The highest BCUT2D eigenvalue weighted by atomic mass is 16.6. The number of hydrogen-bond acceptors (Lipinski definition) is 10. The Bertz CT molecular complexity index is 1210. The van der Waals surface area contributed by atoms with Gasteiger partial charge < -0.3 is 28.4 Å². The van der Waals surface area contributed by atoms with Crippen LogP contribution in [0.1, 0.15) is 68.3 Å². The monoisotopic (exact) mass is 570 g/mol. The third kappa shape index (κ3) is 8.45. The van der Waals surface area contributed by atoms with E-state index in [2.05, 4.69) is 0 Å². The zero-order valence-electron chi connectivity index (χ0n) is 24.2. The van der Waals surface area contributed by atoms with Gasteiger partial charge in [0.15, 0.2) is 11.5 Å². The van der Waals surface area contributed by atoms with Crippen molar-refractivity contribution in [2.45, 2.75) is 58.5 Å². The van der Waals surface area contributed by atoms with E-state index >= 15 is 0 Å². The Balaban J connectivity index is 2.09. The molecule has 0 spiro atoms. The molecule has 0 bridgehead atoms. The molecule has 0 amide bonds. The number of rotatable bonds is 12. The molecule has 41 heavy (non-hydrogen) atoms. The average molecular weight is 571 g/mol. The number of esters is 4. The highest BCUT2D eigenvalue weighted by molar-refractivity contribution is 5.91. The molecule has 222 valence electrons. The molecule has 1 aliphatic rings. The van der Waals surface area contributed by atoms with Gasteiger partial charge in [0.25, 0.3) is 0 Å². The summed E-state index contributed by atoms with van der Waals surface area (Å²) in [5, 5.41) is 0. The lowest BCUT2D eigenvalue weighted by atomic mass is 9.67. The van der Waals surface area contributed by atoms with E-state index in [1.807, 2.05) is 0 Å². The van der Waals surface area contributed by atoms with Crippen LogP contribution in [-0.4, -0.2) is 57.4 Å². The first kappa shape index (κ1) is 31.4. The van der Waals surface area contributed by atoms with E-state index in [9.17, 15) is 19.2 Å². The van der Waals surface area contributed by atoms with Crippen molar-refractivity contribution in [1.29, 1.82) is 0 Å². The van der Waals surface area contributed by atoms with E-state index in [4.69, 9.17) is 28.4 Å². The molecular formula is C31H38O10. The second kappa shape index (κ2) is 15.1.